The summed E-state index contributed by atoms with van der Waals surface area (Å²) in [4.78, 5) is 0. The Morgan fingerprint density at radius 3 is 2.82 bits per heavy atom. The van der Waals surface area contributed by atoms with Crippen LogP contribution in [0.25, 0.3) is 0 Å². The summed E-state index contributed by atoms with van der Waals surface area (Å²) in [5.41, 5.74) is 0. The lowest BCUT2D eigenvalue weighted by molar-refractivity contribution is -0.0810. The maximum atomic E-state index is 9.38. The van der Waals surface area contributed by atoms with Gasteiger partial charge < -0.3 is 14.9 Å². The van der Waals surface area contributed by atoms with Crippen LogP contribution in [-0.2, 0) is 4.74 Å². The van der Waals surface area contributed by atoms with E-state index in [0.29, 0.717) is 0 Å². The highest BCUT2D eigenvalue weighted by molar-refractivity contribution is 4.73. The Morgan fingerprint density at radius 2 is 2.18 bits per heavy atom. The average Bonchev–Trinajstić information content (AvgIpc) is 2.13. The summed E-state index contributed by atoms with van der Waals surface area (Å²) in [7, 11) is 0. The fourth-order valence-electron chi connectivity index (χ4n) is 1.42. The molecule has 1 heterocycles. The lowest BCUT2D eigenvalue weighted by Gasteiger charge is -2.20. The summed E-state index contributed by atoms with van der Waals surface area (Å²) < 4.78 is 5.37. The predicted octanol–water partition coefficient (Wildman–Crippen LogP) is 0.297. The lowest BCUT2D eigenvalue weighted by atomic mass is 10.1. The number of aliphatic hydroxyl groups excluding tert-OH is 2. The van der Waals surface area contributed by atoms with Gasteiger partial charge >= 0.3 is 0 Å². The van der Waals surface area contributed by atoms with E-state index >= 15 is 0 Å². The second kappa shape index (κ2) is 4.04. The van der Waals surface area contributed by atoms with Gasteiger partial charge in [0.15, 0.2) is 0 Å². The van der Waals surface area contributed by atoms with Crippen LogP contribution < -0.4 is 0 Å². The molecule has 0 amide bonds. The van der Waals surface area contributed by atoms with Gasteiger partial charge in [-0.25, -0.2) is 0 Å². The molecule has 3 nitrogen and oxygen atoms in total. The van der Waals surface area contributed by atoms with E-state index in [1.165, 1.54) is 0 Å². The molecule has 1 aliphatic heterocycles. The first-order chi connectivity index (χ1) is 5.24. The molecule has 0 saturated carbocycles. The Bertz CT molecular complexity index is 116. The van der Waals surface area contributed by atoms with Crippen LogP contribution in [0.2, 0.25) is 0 Å². The summed E-state index contributed by atoms with van der Waals surface area (Å²) in [6.07, 6.45) is 2.03. The van der Waals surface area contributed by atoms with E-state index in [9.17, 15) is 5.11 Å². The van der Waals surface area contributed by atoms with Crippen molar-refractivity contribution in [1.82, 2.24) is 0 Å². The minimum absolute atomic E-state index is 0.0779. The van der Waals surface area contributed by atoms with E-state index in [1.807, 2.05) is 6.92 Å². The molecule has 0 radical (unpaired) electrons. The molecule has 1 rings (SSSR count). The molecule has 66 valence electrons. The van der Waals surface area contributed by atoms with E-state index in [-0.39, 0.29) is 18.8 Å². The maximum absolute atomic E-state index is 9.38. The van der Waals surface area contributed by atoms with Crippen LogP contribution in [0.15, 0.2) is 0 Å². The first-order valence-electron chi connectivity index (χ1n) is 4.18. The van der Waals surface area contributed by atoms with Crippen LogP contribution in [0.3, 0.4) is 0 Å². The minimum Gasteiger partial charge on any atom is -0.394 e. The molecule has 3 heteroatoms. The molecule has 0 bridgehead atoms. The smallest absolute Gasteiger partial charge is 0.107 e. The Balaban J connectivity index is 2.45. The SMILES string of the molecule is CC1CCC[C@H](O)[C@@H](CO)O1. The third-order valence-electron chi connectivity index (χ3n) is 2.13. The van der Waals surface area contributed by atoms with Crippen molar-refractivity contribution in [3.8, 4) is 0 Å². The average molecular weight is 160 g/mol. The minimum atomic E-state index is -0.482. The van der Waals surface area contributed by atoms with Gasteiger partial charge in [0.05, 0.1) is 18.8 Å². The van der Waals surface area contributed by atoms with Gasteiger partial charge in [0.2, 0.25) is 0 Å². The largest absolute Gasteiger partial charge is 0.394 e. The normalized spacial score (nSPS) is 40.1. The Labute approximate surface area is 67.0 Å². The number of ether oxygens (including phenoxy) is 1. The third-order valence-corrected chi connectivity index (χ3v) is 2.13. The van der Waals surface area contributed by atoms with Gasteiger partial charge in [-0.3, -0.25) is 0 Å². The van der Waals surface area contributed by atoms with Crippen molar-refractivity contribution in [2.45, 2.75) is 44.5 Å². The summed E-state index contributed by atoms with van der Waals surface area (Å²) in [5.74, 6) is 0. The summed E-state index contributed by atoms with van der Waals surface area (Å²) in [6.45, 7) is 1.90. The van der Waals surface area contributed by atoms with Crippen LogP contribution in [0.5, 0.6) is 0 Å². The van der Waals surface area contributed by atoms with E-state index in [2.05, 4.69) is 0 Å². The number of rotatable bonds is 1. The van der Waals surface area contributed by atoms with E-state index in [1.54, 1.807) is 0 Å². The molecule has 0 aromatic heterocycles. The van der Waals surface area contributed by atoms with Crippen molar-refractivity contribution in [2.75, 3.05) is 6.61 Å². The van der Waals surface area contributed by atoms with Gasteiger partial charge in [0.1, 0.15) is 6.10 Å². The summed E-state index contributed by atoms with van der Waals surface area (Å²) in [6, 6.07) is 0. The van der Waals surface area contributed by atoms with Gasteiger partial charge in [0, 0.05) is 0 Å². The van der Waals surface area contributed by atoms with Gasteiger partial charge in [-0.2, -0.15) is 0 Å². The first-order valence-corrected chi connectivity index (χ1v) is 4.18. The molecular formula is C8H16O3. The highest BCUT2D eigenvalue weighted by Gasteiger charge is 2.24. The van der Waals surface area contributed by atoms with Crippen molar-refractivity contribution in [1.29, 1.82) is 0 Å². The van der Waals surface area contributed by atoms with Gasteiger partial charge in [-0.1, -0.05) is 0 Å². The quantitative estimate of drug-likeness (QED) is 0.580. The molecular weight excluding hydrogens is 144 g/mol. The molecule has 0 spiro atoms. The molecule has 1 aliphatic rings. The zero-order valence-corrected chi connectivity index (χ0v) is 6.86. The van der Waals surface area contributed by atoms with Crippen LogP contribution in [-0.4, -0.2) is 35.1 Å². The van der Waals surface area contributed by atoms with Crippen molar-refractivity contribution in [2.24, 2.45) is 0 Å². The summed E-state index contributed by atoms with van der Waals surface area (Å²) >= 11 is 0. The van der Waals surface area contributed by atoms with Crippen molar-refractivity contribution in [3.63, 3.8) is 0 Å². The molecule has 0 aromatic rings. The molecule has 2 N–H and O–H groups in total. The van der Waals surface area contributed by atoms with Gasteiger partial charge in [0.25, 0.3) is 0 Å². The second-order valence-electron chi connectivity index (χ2n) is 3.17. The Kier molecular flexibility index (Phi) is 3.30. The monoisotopic (exact) mass is 160 g/mol. The molecule has 3 atom stereocenters. The first kappa shape index (κ1) is 8.97. The molecule has 1 unspecified atom stereocenters. The van der Waals surface area contributed by atoms with Gasteiger partial charge in [-0.05, 0) is 26.2 Å². The number of hydrogen-bond donors (Lipinski definition) is 2. The zero-order chi connectivity index (χ0) is 8.27. The fraction of sp³-hybridized carbons (Fsp3) is 1.00. The molecule has 1 fully saturated rings. The van der Waals surface area contributed by atoms with Crippen LogP contribution in [0, 0.1) is 0 Å². The lowest BCUT2D eigenvalue weighted by Crippen LogP contribution is -2.32. The van der Waals surface area contributed by atoms with Gasteiger partial charge in [-0.15, -0.1) is 0 Å². The van der Waals surface area contributed by atoms with Crippen molar-refractivity contribution < 1.29 is 14.9 Å². The maximum Gasteiger partial charge on any atom is 0.107 e. The Hall–Kier alpha value is -0.120. The zero-order valence-electron chi connectivity index (χ0n) is 6.86. The number of aliphatic hydroxyl groups is 2. The van der Waals surface area contributed by atoms with E-state index in [4.69, 9.17) is 9.84 Å². The highest BCUT2D eigenvalue weighted by Crippen LogP contribution is 2.18. The number of hydrogen-bond acceptors (Lipinski definition) is 3. The van der Waals surface area contributed by atoms with Crippen LogP contribution >= 0.6 is 0 Å². The Morgan fingerprint density at radius 1 is 1.45 bits per heavy atom. The van der Waals surface area contributed by atoms with E-state index in [0.717, 1.165) is 19.3 Å². The molecule has 0 aliphatic carbocycles. The van der Waals surface area contributed by atoms with E-state index < -0.39 is 6.10 Å². The highest BCUT2D eigenvalue weighted by atomic mass is 16.5. The van der Waals surface area contributed by atoms with Crippen molar-refractivity contribution in [3.05, 3.63) is 0 Å². The standard InChI is InChI=1S/C8H16O3/c1-6-3-2-4-7(10)8(5-9)11-6/h6-10H,2-5H2,1H3/t6?,7-,8+/m0/s1. The third kappa shape index (κ3) is 2.43. The van der Waals surface area contributed by atoms with Crippen LogP contribution in [0.1, 0.15) is 26.2 Å². The second-order valence-corrected chi connectivity index (χ2v) is 3.17. The summed E-state index contributed by atoms with van der Waals surface area (Å²) in [5, 5.41) is 18.2. The predicted molar refractivity (Wildman–Crippen MR) is 41.3 cm³/mol. The molecule has 0 aromatic carbocycles. The topological polar surface area (TPSA) is 49.7 Å². The fourth-order valence-corrected chi connectivity index (χ4v) is 1.42. The molecule has 1 saturated heterocycles. The molecule has 11 heavy (non-hydrogen) atoms. The van der Waals surface area contributed by atoms with Crippen molar-refractivity contribution >= 4 is 0 Å². The van der Waals surface area contributed by atoms with Crippen LogP contribution in [0.4, 0.5) is 0 Å².